The predicted octanol–water partition coefficient (Wildman–Crippen LogP) is 4.73. The molecule has 0 radical (unpaired) electrons. The van der Waals surface area contributed by atoms with E-state index in [2.05, 4.69) is 5.32 Å². The average molecular weight is 291 g/mol. The summed E-state index contributed by atoms with van der Waals surface area (Å²) in [7, 11) is 1.87. The summed E-state index contributed by atoms with van der Waals surface area (Å²) < 4.78 is 26.7. The summed E-state index contributed by atoms with van der Waals surface area (Å²) in [5.74, 6) is -0.523. The average Bonchev–Trinajstić information content (AvgIpc) is 2.50. The lowest BCUT2D eigenvalue weighted by molar-refractivity contribution is 0.607. The van der Waals surface area contributed by atoms with Crippen LogP contribution in [0.25, 0.3) is 0 Å². The lowest BCUT2D eigenvalue weighted by Gasteiger charge is -2.18. The van der Waals surface area contributed by atoms with Gasteiger partial charge in [-0.15, -0.1) is 0 Å². The summed E-state index contributed by atoms with van der Waals surface area (Å²) >= 11 is 0. The molecule has 0 heterocycles. The molecule has 0 spiro atoms. The zero-order valence-corrected chi connectivity index (χ0v) is 12.9. The van der Waals surface area contributed by atoms with Crippen LogP contribution >= 0.6 is 0 Å². The molecule has 114 valence electrons. The first-order valence-electron chi connectivity index (χ1n) is 7.36. The van der Waals surface area contributed by atoms with Crippen molar-refractivity contribution in [1.82, 2.24) is 5.32 Å². The predicted molar refractivity (Wildman–Crippen MR) is 84.5 cm³/mol. The second kappa shape index (κ2) is 9.24. The van der Waals surface area contributed by atoms with Crippen molar-refractivity contribution in [3.63, 3.8) is 0 Å². The number of benzene rings is 2. The largest absolute Gasteiger partial charge is 0.320 e. The topological polar surface area (TPSA) is 12.0 Å². The Morgan fingerprint density at radius 2 is 1.38 bits per heavy atom. The third-order valence-corrected chi connectivity index (χ3v) is 3.19. The summed E-state index contributed by atoms with van der Waals surface area (Å²) in [6.07, 6.45) is 0.795. The van der Waals surface area contributed by atoms with E-state index >= 15 is 0 Å². The standard InChI is InChI=1S/C16H17F2N.C2H6/c1-19-9-8-16(12-4-2-6-14(17)10-12)13-5-3-7-15(18)11-13;1-2/h2-7,10-11,16,19H,8-9H2,1H3;1-2H3. The Bertz CT molecular complexity index is 495. The molecular formula is C18H23F2N. The van der Waals surface area contributed by atoms with Crippen LogP contribution < -0.4 is 5.32 Å². The van der Waals surface area contributed by atoms with Crippen LogP contribution in [0.2, 0.25) is 0 Å². The highest BCUT2D eigenvalue weighted by molar-refractivity contribution is 5.33. The van der Waals surface area contributed by atoms with Gasteiger partial charge in [-0.3, -0.25) is 0 Å². The van der Waals surface area contributed by atoms with Gasteiger partial charge >= 0.3 is 0 Å². The van der Waals surface area contributed by atoms with E-state index in [4.69, 9.17) is 0 Å². The van der Waals surface area contributed by atoms with Gasteiger partial charge in [-0.1, -0.05) is 38.1 Å². The molecule has 2 aromatic rings. The van der Waals surface area contributed by atoms with Crippen molar-refractivity contribution < 1.29 is 8.78 Å². The minimum Gasteiger partial charge on any atom is -0.320 e. The van der Waals surface area contributed by atoms with Crippen LogP contribution in [0.4, 0.5) is 8.78 Å². The summed E-state index contributed by atoms with van der Waals surface area (Å²) in [5, 5.41) is 3.08. The lowest BCUT2D eigenvalue weighted by atomic mass is 9.88. The molecule has 2 rings (SSSR count). The molecule has 0 atom stereocenters. The van der Waals surface area contributed by atoms with Crippen molar-refractivity contribution in [3.05, 3.63) is 71.3 Å². The van der Waals surface area contributed by atoms with E-state index < -0.39 is 0 Å². The van der Waals surface area contributed by atoms with Gasteiger partial charge in [-0.25, -0.2) is 8.78 Å². The third-order valence-electron chi connectivity index (χ3n) is 3.19. The molecule has 1 N–H and O–H groups in total. The highest BCUT2D eigenvalue weighted by Crippen LogP contribution is 2.28. The Morgan fingerprint density at radius 3 is 1.76 bits per heavy atom. The number of nitrogens with one attached hydrogen (secondary N) is 1. The zero-order chi connectivity index (χ0) is 15.7. The van der Waals surface area contributed by atoms with Crippen molar-refractivity contribution in [2.45, 2.75) is 26.2 Å². The van der Waals surface area contributed by atoms with Crippen molar-refractivity contribution in [3.8, 4) is 0 Å². The van der Waals surface area contributed by atoms with E-state index in [1.807, 2.05) is 33.0 Å². The van der Waals surface area contributed by atoms with Crippen molar-refractivity contribution in [2.24, 2.45) is 0 Å². The van der Waals surface area contributed by atoms with Gasteiger partial charge in [0.05, 0.1) is 0 Å². The van der Waals surface area contributed by atoms with Gasteiger partial charge in [0.15, 0.2) is 0 Å². The molecule has 0 aromatic heterocycles. The maximum atomic E-state index is 13.4. The van der Waals surface area contributed by atoms with E-state index in [0.717, 1.165) is 24.1 Å². The van der Waals surface area contributed by atoms with Crippen LogP contribution in [0.5, 0.6) is 0 Å². The molecule has 0 aliphatic carbocycles. The number of hydrogen-bond acceptors (Lipinski definition) is 1. The normalized spacial score (nSPS) is 10.2. The molecule has 21 heavy (non-hydrogen) atoms. The van der Waals surface area contributed by atoms with Gasteiger partial charge < -0.3 is 5.32 Å². The van der Waals surface area contributed by atoms with Crippen LogP contribution in [0.1, 0.15) is 37.3 Å². The monoisotopic (exact) mass is 291 g/mol. The second-order valence-electron chi connectivity index (χ2n) is 4.55. The van der Waals surface area contributed by atoms with E-state index in [1.54, 1.807) is 12.1 Å². The number of hydrogen-bond donors (Lipinski definition) is 1. The van der Waals surface area contributed by atoms with Crippen LogP contribution in [-0.2, 0) is 0 Å². The van der Waals surface area contributed by atoms with Gasteiger partial charge in [0.2, 0.25) is 0 Å². The van der Waals surface area contributed by atoms with Crippen molar-refractivity contribution in [2.75, 3.05) is 13.6 Å². The van der Waals surface area contributed by atoms with Crippen LogP contribution in [0.15, 0.2) is 48.5 Å². The van der Waals surface area contributed by atoms with E-state index in [-0.39, 0.29) is 17.6 Å². The SMILES string of the molecule is CC.CNCCC(c1cccc(F)c1)c1cccc(F)c1. The highest BCUT2D eigenvalue weighted by Gasteiger charge is 2.14. The van der Waals surface area contributed by atoms with Gasteiger partial charge in [0.1, 0.15) is 11.6 Å². The summed E-state index contributed by atoms with van der Waals surface area (Å²) in [6.45, 7) is 4.79. The molecule has 0 aliphatic rings. The van der Waals surface area contributed by atoms with Gasteiger partial charge in [0, 0.05) is 5.92 Å². The lowest BCUT2D eigenvalue weighted by Crippen LogP contribution is -2.13. The summed E-state index contributed by atoms with van der Waals surface area (Å²) in [6, 6.07) is 13.0. The minimum atomic E-state index is -0.261. The first-order valence-corrected chi connectivity index (χ1v) is 7.36. The maximum Gasteiger partial charge on any atom is 0.123 e. The molecule has 0 fully saturated rings. The van der Waals surface area contributed by atoms with Crippen LogP contribution in [0, 0.1) is 11.6 Å². The maximum absolute atomic E-state index is 13.4. The number of halogens is 2. The van der Waals surface area contributed by atoms with Gasteiger partial charge in [-0.2, -0.15) is 0 Å². The molecule has 1 nitrogen and oxygen atoms in total. The van der Waals surface area contributed by atoms with E-state index in [1.165, 1.54) is 24.3 Å². The fourth-order valence-electron chi connectivity index (χ4n) is 2.26. The summed E-state index contributed by atoms with van der Waals surface area (Å²) in [4.78, 5) is 0. The fraction of sp³-hybridized carbons (Fsp3) is 0.333. The Morgan fingerprint density at radius 1 is 0.905 bits per heavy atom. The smallest absolute Gasteiger partial charge is 0.123 e. The molecule has 0 amide bonds. The van der Waals surface area contributed by atoms with Crippen LogP contribution in [0.3, 0.4) is 0 Å². The molecular weight excluding hydrogens is 268 g/mol. The first kappa shape index (κ1) is 17.3. The second-order valence-corrected chi connectivity index (χ2v) is 4.55. The Labute approximate surface area is 126 Å². The Hall–Kier alpha value is -1.74. The fourth-order valence-corrected chi connectivity index (χ4v) is 2.26. The van der Waals surface area contributed by atoms with E-state index in [9.17, 15) is 8.78 Å². The number of rotatable bonds is 5. The Balaban J connectivity index is 0.00000106. The van der Waals surface area contributed by atoms with Gasteiger partial charge in [-0.05, 0) is 55.4 Å². The van der Waals surface area contributed by atoms with Crippen molar-refractivity contribution in [1.29, 1.82) is 0 Å². The minimum absolute atomic E-state index is 0.00106. The zero-order valence-electron chi connectivity index (χ0n) is 12.9. The summed E-state index contributed by atoms with van der Waals surface area (Å²) in [5.41, 5.74) is 1.75. The third kappa shape index (κ3) is 5.27. The quantitative estimate of drug-likeness (QED) is 0.839. The molecule has 2 aromatic carbocycles. The molecule has 0 bridgehead atoms. The van der Waals surface area contributed by atoms with Crippen LogP contribution in [-0.4, -0.2) is 13.6 Å². The molecule has 3 heteroatoms. The highest BCUT2D eigenvalue weighted by atomic mass is 19.1. The van der Waals surface area contributed by atoms with E-state index in [0.29, 0.717) is 0 Å². The molecule has 0 saturated heterocycles. The van der Waals surface area contributed by atoms with Gasteiger partial charge in [0.25, 0.3) is 0 Å². The van der Waals surface area contributed by atoms with Crippen molar-refractivity contribution >= 4 is 0 Å². The molecule has 0 saturated carbocycles. The first-order chi connectivity index (χ1) is 10.2. The molecule has 0 aliphatic heterocycles. The molecule has 0 unspecified atom stereocenters. The Kier molecular flexibility index (Phi) is 7.62.